The molecule has 1 saturated heterocycles. The van der Waals surface area contributed by atoms with E-state index >= 15 is 0 Å². The van der Waals surface area contributed by atoms with E-state index in [1.165, 1.54) is 4.67 Å². The molecule has 0 aliphatic carbocycles. The molecule has 0 bridgehead atoms. The highest BCUT2D eigenvalue weighted by Gasteiger charge is 2.42. The SMILES string of the molecule is O=C(O)C1COP(=O)(N(CCCl)CCCl)N1. The van der Waals surface area contributed by atoms with E-state index in [-0.39, 0.29) is 18.4 Å². The fourth-order valence-corrected chi connectivity index (χ4v) is 4.01. The second-order valence-corrected chi connectivity index (χ2v) is 6.05. The molecule has 2 atom stereocenters. The number of carbonyl (C=O) groups is 1. The highest BCUT2D eigenvalue weighted by molar-refractivity contribution is 7.54. The molecule has 9 heteroatoms. The lowest BCUT2D eigenvalue weighted by Gasteiger charge is -2.25. The standard InChI is InChI=1S/C7H13Cl2N2O4P/c8-1-3-11(4-2-9)16(14)10-6(5-15-16)7(12)13/h6H,1-5H2,(H,10,14)(H,12,13). The Morgan fingerprint density at radius 1 is 1.50 bits per heavy atom. The first-order valence-electron chi connectivity index (χ1n) is 4.66. The van der Waals surface area contributed by atoms with Crippen LogP contribution >= 0.6 is 30.9 Å². The monoisotopic (exact) mass is 290 g/mol. The number of hydrogen-bond acceptors (Lipinski definition) is 3. The number of nitrogens with one attached hydrogen (secondary N) is 1. The highest BCUT2D eigenvalue weighted by Crippen LogP contribution is 2.50. The van der Waals surface area contributed by atoms with Crippen molar-refractivity contribution in [2.45, 2.75) is 6.04 Å². The van der Waals surface area contributed by atoms with Crippen LogP contribution in [0.15, 0.2) is 0 Å². The largest absolute Gasteiger partial charge is 0.480 e. The Morgan fingerprint density at radius 3 is 2.44 bits per heavy atom. The minimum Gasteiger partial charge on any atom is -0.480 e. The van der Waals surface area contributed by atoms with Crippen LogP contribution in [0.3, 0.4) is 0 Å². The number of carboxylic acids is 1. The van der Waals surface area contributed by atoms with Crippen molar-refractivity contribution in [1.82, 2.24) is 9.76 Å². The van der Waals surface area contributed by atoms with E-state index in [0.717, 1.165) is 0 Å². The molecule has 1 heterocycles. The average Bonchev–Trinajstić information content (AvgIpc) is 2.62. The summed E-state index contributed by atoms with van der Waals surface area (Å²) in [5.74, 6) is -0.553. The van der Waals surface area contributed by atoms with E-state index in [1.807, 2.05) is 0 Å². The Morgan fingerprint density at radius 2 is 2.06 bits per heavy atom. The third-order valence-electron chi connectivity index (χ3n) is 2.09. The molecule has 1 fully saturated rings. The molecular formula is C7H13Cl2N2O4P. The molecule has 16 heavy (non-hydrogen) atoms. The second kappa shape index (κ2) is 6.19. The molecule has 0 saturated carbocycles. The van der Waals surface area contributed by atoms with Gasteiger partial charge in [0, 0.05) is 24.8 Å². The maximum absolute atomic E-state index is 12.2. The van der Waals surface area contributed by atoms with E-state index < -0.39 is 19.7 Å². The fourth-order valence-electron chi connectivity index (χ4n) is 1.31. The quantitative estimate of drug-likeness (QED) is 0.560. The van der Waals surface area contributed by atoms with Gasteiger partial charge in [-0.25, -0.2) is 9.76 Å². The normalized spacial score (nSPS) is 29.8. The van der Waals surface area contributed by atoms with Crippen molar-refractivity contribution in [3.63, 3.8) is 0 Å². The Bertz CT molecular complexity index is 298. The fraction of sp³-hybridized carbons (Fsp3) is 0.857. The molecular weight excluding hydrogens is 278 g/mol. The van der Waals surface area contributed by atoms with Crippen molar-refractivity contribution < 1.29 is 19.0 Å². The molecule has 0 amide bonds. The molecule has 0 spiro atoms. The number of aliphatic carboxylic acids is 1. The van der Waals surface area contributed by atoms with Crippen LogP contribution in [-0.2, 0) is 13.9 Å². The minimum absolute atomic E-state index is 0.117. The Labute approximate surface area is 103 Å². The van der Waals surface area contributed by atoms with Gasteiger partial charge in [-0.1, -0.05) is 0 Å². The molecule has 1 aliphatic heterocycles. The van der Waals surface area contributed by atoms with Gasteiger partial charge in [0.2, 0.25) is 0 Å². The summed E-state index contributed by atoms with van der Waals surface area (Å²) in [7, 11) is -3.29. The van der Waals surface area contributed by atoms with Crippen molar-refractivity contribution in [3.8, 4) is 0 Å². The molecule has 2 N–H and O–H groups in total. The van der Waals surface area contributed by atoms with Crippen LogP contribution < -0.4 is 5.09 Å². The van der Waals surface area contributed by atoms with Crippen molar-refractivity contribution in [2.75, 3.05) is 31.5 Å². The number of carboxylic acid groups (broad SMARTS) is 1. The molecule has 0 aromatic carbocycles. The Kier molecular flexibility index (Phi) is 5.50. The number of rotatable bonds is 6. The van der Waals surface area contributed by atoms with Crippen LogP contribution in [0.2, 0.25) is 0 Å². The van der Waals surface area contributed by atoms with E-state index in [4.69, 9.17) is 32.8 Å². The van der Waals surface area contributed by atoms with Gasteiger partial charge in [0.25, 0.3) is 0 Å². The predicted molar refractivity (Wildman–Crippen MR) is 61.1 cm³/mol. The molecule has 1 rings (SSSR count). The van der Waals surface area contributed by atoms with E-state index in [0.29, 0.717) is 13.1 Å². The molecule has 94 valence electrons. The van der Waals surface area contributed by atoms with Crippen molar-refractivity contribution in [1.29, 1.82) is 0 Å². The lowest BCUT2D eigenvalue weighted by molar-refractivity contribution is -0.139. The van der Waals surface area contributed by atoms with E-state index in [1.54, 1.807) is 0 Å². The second-order valence-electron chi connectivity index (χ2n) is 3.17. The third-order valence-corrected chi connectivity index (χ3v) is 4.71. The molecule has 2 unspecified atom stereocenters. The van der Waals surface area contributed by atoms with Crippen LogP contribution in [0.5, 0.6) is 0 Å². The maximum atomic E-state index is 12.2. The summed E-state index contributed by atoms with van der Waals surface area (Å²) in [6.45, 7) is 0.531. The van der Waals surface area contributed by atoms with Crippen LogP contribution in [0.4, 0.5) is 0 Å². The zero-order valence-corrected chi connectivity index (χ0v) is 10.8. The number of halogens is 2. The summed E-state index contributed by atoms with van der Waals surface area (Å²) in [6.07, 6.45) is 0. The number of alkyl halides is 2. The van der Waals surface area contributed by atoms with Crippen LogP contribution in [0.25, 0.3) is 0 Å². The summed E-state index contributed by atoms with van der Waals surface area (Å²) >= 11 is 11.1. The van der Waals surface area contributed by atoms with Crippen molar-refractivity contribution in [3.05, 3.63) is 0 Å². The zero-order valence-electron chi connectivity index (χ0n) is 8.44. The van der Waals surface area contributed by atoms with Crippen molar-refractivity contribution >= 4 is 36.8 Å². The van der Waals surface area contributed by atoms with Crippen LogP contribution in [0.1, 0.15) is 0 Å². The molecule has 1 aliphatic rings. The summed E-state index contributed by atoms with van der Waals surface area (Å²) in [5, 5.41) is 11.2. The topological polar surface area (TPSA) is 78.9 Å². The first-order valence-corrected chi connectivity index (χ1v) is 7.30. The van der Waals surface area contributed by atoms with Gasteiger partial charge in [0.1, 0.15) is 6.04 Å². The van der Waals surface area contributed by atoms with Gasteiger partial charge in [0.15, 0.2) is 0 Å². The zero-order chi connectivity index (χ0) is 12.2. The lowest BCUT2D eigenvalue weighted by atomic mass is 10.3. The summed E-state index contributed by atoms with van der Waals surface area (Å²) in [5.41, 5.74) is 0. The summed E-state index contributed by atoms with van der Waals surface area (Å²) < 4.78 is 18.7. The molecule has 6 nitrogen and oxygen atoms in total. The molecule has 0 aromatic heterocycles. The Hall–Kier alpha value is 0.160. The lowest BCUT2D eigenvalue weighted by Crippen LogP contribution is -2.35. The number of hydrogen-bond donors (Lipinski definition) is 2. The van der Waals surface area contributed by atoms with Crippen molar-refractivity contribution in [2.24, 2.45) is 0 Å². The van der Waals surface area contributed by atoms with Gasteiger partial charge in [-0.3, -0.25) is 9.36 Å². The highest BCUT2D eigenvalue weighted by atomic mass is 35.5. The number of nitrogens with zero attached hydrogens (tertiary/aromatic N) is 1. The van der Waals surface area contributed by atoms with Gasteiger partial charge in [-0.05, 0) is 0 Å². The Balaban J connectivity index is 2.69. The predicted octanol–water partition coefficient (Wildman–Crippen LogP) is 0.947. The van der Waals surface area contributed by atoms with E-state index in [9.17, 15) is 9.36 Å². The smallest absolute Gasteiger partial charge is 0.344 e. The van der Waals surface area contributed by atoms with Gasteiger partial charge >= 0.3 is 13.6 Å². The maximum Gasteiger partial charge on any atom is 0.344 e. The van der Waals surface area contributed by atoms with Gasteiger partial charge < -0.3 is 9.63 Å². The molecule has 0 radical (unpaired) electrons. The average molecular weight is 291 g/mol. The van der Waals surface area contributed by atoms with Gasteiger partial charge in [-0.2, -0.15) is 0 Å². The minimum atomic E-state index is -3.29. The summed E-state index contributed by atoms with van der Waals surface area (Å²) in [4.78, 5) is 10.7. The molecule has 0 aromatic rings. The van der Waals surface area contributed by atoms with Crippen LogP contribution in [-0.4, -0.2) is 53.2 Å². The van der Waals surface area contributed by atoms with Gasteiger partial charge in [0.05, 0.1) is 6.61 Å². The first kappa shape index (κ1) is 14.2. The van der Waals surface area contributed by atoms with Crippen LogP contribution in [0, 0.1) is 0 Å². The van der Waals surface area contributed by atoms with Gasteiger partial charge in [-0.15, -0.1) is 23.2 Å². The first-order chi connectivity index (χ1) is 7.53. The van der Waals surface area contributed by atoms with E-state index in [2.05, 4.69) is 5.09 Å². The summed E-state index contributed by atoms with van der Waals surface area (Å²) in [6, 6.07) is -0.945. The third kappa shape index (κ3) is 3.32.